The van der Waals surface area contributed by atoms with E-state index in [0.717, 1.165) is 38.2 Å². The minimum atomic E-state index is -1.72. The quantitative estimate of drug-likeness (QED) is 0.299. The summed E-state index contributed by atoms with van der Waals surface area (Å²) in [5, 5.41) is 2.38. The highest BCUT2D eigenvalue weighted by atomic mass is 19.2. The lowest BCUT2D eigenvalue weighted by Gasteiger charge is -2.19. The Balaban J connectivity index is 2.63. The Morgan fingerprint density at radius 2 is 1.64 bits per heavy atom. The maximum Gasteiger partial charge on any atom is 0.328 e. The molecule has 4 nitrogen and oxygen atoms in total. The minimum Gasteiger partial charge on any atom is -0.464 e. The van der Waals surface area contributed by atoms with Gasteiger partial charge in [0.2, 0.25) is 0 Å². The van der Waals surface area contributed by atoms with Gasteiger partial charge in [-0.05, 0) is 30.9 Å². The van der Waals surface area contributed by atoms with Crippen LogP contribution in [0.25, 0.3) is 0 Å². The summed E-state index contributed by atoms with van der Waals surface area (Å²) in [6.45, 7) is 6.10. The summed E-state index contributed by atoms with van der Waals surface area (Å²) in [6, 6.07) is 0.527. The second kappa shape index (κ2) is 12.4. The highest BCUT2D eigenvalue weighted by Crippen LogP contribution is 2.16. The number of hydrogen-bond donors (Lipinski definition) is 1. The van der Waals surface area contributed by atoms with Crippen LogP contribution in [0.4, 0.5) is 13.2 Å². The SMILES string of the molecule is CCCCCCCCOC(=O)C(CC(C)C)NC(=O)c1ccc(F)c(F)c1F. The largest absolute Gasteiger partial charge is 0.464 e. The number of hydrogen-bond acceptors (Lipinski definition) is 3. The molecule has 0 aromatic heterocycles. The molecule has 0 spiro atoms. The van der Waals surface area contributed by atoms with E-state index in [1.807, 2.05) is 13.8 Å². The van der Waals surface area contributed by atoms with Gasteiger partial charge in [0.05, 0.1) is 12.2 Å². The molecule has 0 aliphatic rings. The number of ether oxygens (including phenoxy) is 1. The van der Waals surface area contributed by atoms with E-state index in [1.165, 1.54) is 6.42 Å². The number of unbranched alkanes of at least 4 members (excludes halogenated alkanes) is 5. The molecule has 1 unspecified atom stereocenters. The van der Waals surface area contributed by atoms with Gasteiger partial charge in [-0.1, -0.05) is 52.9 Å². The van der Waals surface area contributed by atoms with E-state index >= 15 is 0 Å². The van der Waals surface area contributed by atoms with Crippen molar-refractivity contribution in [3.05, 3.63) is 35.1 Å². The lowest BCUT2D eigenvalue weighted by molar-refractivity contribution is -0.146. The maximum absolute atomic E-state index is 13.8. The van der Waals surface area contributed by atoms with Crippen molar-refractivity contribution < 1.29 is 27.5 Å². The minimum absolute atomic E-state index is 0.0571. The first kappa shape index (κ1) is 24.0. The third-order valence-electron chi connectivity index (χ3n) is 4.32. The van der Waals surface area contributed by atoms with Crippen LogP contribution in [0.1, 0.15) is 76.1 Å². The van der Waals surface area contributed by atoms with E-state index in [2.05, 4.69) is 12.2 Å². The predicted octanol–water partition coefficient (Wildman–Crippen LogP) is 5.15. The monoisotopic (exact) mass is 401 g/mol. The molecule has 158 valence electrons. The number of halogens is 3. The average Bonchev–Trinajstić information content (AvgIpc) is 2.64. The fraction of sp³-hybridized carbons (Fsp3) is 0.619. The number of rotatable bonds is 12. The number of esters is 1. The molecule has 0 fully saturated rings. The first-order valence-corrected chi connectivity index (χ1v) is 9.88. The second-order valence-electron chi connectivity index (χ2n) is 7.31. The van der Waals surface area contributed by atoms with Crippen LogP contribution in [-0.2, 0) is 9.53 Å². The lowest BCUT2D eigenvalue weighted by atomic mass is 10.0. The van der Waals surface area contributed by atoms with E-state index in [9.17, 15) is 22.8 Å². The van der Waals surface area contributed by atoms with Gasteiger partial charge in [0.25, 0.3) is 5.91 Å². The summed E-state index contributed by atoms with van der Waals surface area (Å²) in [7, 11) is 0. The summed E-state index contributed by atoms with van der Waals surface area (Å²) in [6.07, 6.45) is 6.53. The summed E-state index contributed by atoms with van der Waals surface area (Å²) in [5.41, 5.74) is -0.656. The molecule has 28 heavy (non-hydrogen) atoms. The molecule has 0 aliphatic heterocycles. The van der Waals surface area contributed by atoms with E-state index in [1.54, 1.807) is 0 Å². The molecule has 7 heteroatoms. The number of nitrogens with one attached hydrogen (secondary N) is 1. The normalized spacial score (nSPS) is 12.1. The summed E-state index contributed by atoms with van der Waals surface area (Å²) in [4.78, 5) is 24.6. The summed E-state index contributed by atoms with van der Waals surface area (Å²) < 4.78 is 45.4. The molecule has 0 heterocycles. The zero-order valence-corrected chi connectivity index (χ0v) is 16.8. The van der Waals surface area contributed by atoms with Crippen LogP contribution in [0.5, 0.6) is 0 Å². The molecule has 1 atom stereocenters. The lowest BCUT2D eigenvalue weighted by Crippen LogP contribution is -2.43. The van der Waals surface area contributed by atoms with Crippen LogP contribution in [0.15, 0.2) is 12.1 Å². The van der Waals surface area contributed by atoms with Crippen molar-refractivity contribution in [3.8, 4) is 0 Å². The van der Waals surface area contributed by atoms with Gasteiger partial charge in [-0.25, -0.2) is 18.0 Å². The first-order valence-electron chi connectivity index (χ1n) is 9.88. The molecule has 1 aromatic rings. The summed E-state index contributed by atoms with van der Waals surface area (Å²) >= 11 is 0. The Kier molecular flexibility index (Phi) is 10.6. The highest BCUT2D eigenvalue weighted by molar-refractivity contribution is 5.97. The molecular weight excluding hydrogens is 371 g/mol. The van der Waals surface area contributed by atoms with Gasteiger partial charge >= 0.3 is 5.97 Å². The first-order chi connectivity index (χ1) is 13.3. The van der Waals surface area contributed by atoms with Crippen LogP contribution in [0.3, 0.4) is 0 Å². The molecule has 0 bridgehead atoms. The Labute approximate surface area is 164 Å². The second-order valence-corrected chi connectivity index (χ2v) is 7.31. The third kappa shape index (κ3) is 7.90. The molecule has 1 rings (SSSR count). The van der Waals surface area contributed by atoms with E-state index in [0.29, 0.717) is 6.07 Å². The molecule has 1 N–H and O–H groups in total. The topological polar surface area (TPSA) is 55.4 Å². The van der Waals surface area contributed by atoms with Crippen LogP contribution in [-0.4, -0.2) is 24.5 Å². The van der Waals surface area contributed by atoms with Gasteiger partial charge in [-0.3, -0.25) is 4.79 Å². The van der Waals surface area contributed by atoms with Crippen molar-refractivity contribution in [2.24, 2.45) is 5.92 Å². The summed E-state index contributed by atoms with van der Waals surface area (Å²) in [5.74, 6) is -6.23. The fourth-order valence-corrected chi connectivity index (χ4v) is 2.78. The van der Waals surface area contributed by atoms with Crippen LogP contribution in [0.2, 0.25) is 0 Å². The van der Waals surface area contributed by atoms with Crippen molar-refractivity contribution >= 4 is 11.9 Å². The third-order valence-corrected chi connectivity index (χ3v) is 4.32. The Morgan fingerprint density at radius 1 is 1.00 bits per heavy atom. The van der Waals surface area contributed by atoms with Gasteiger partial charge in [0.15, 0.2) is 17.5 Å². The van der Waals surface area contributed by atoms with Crippen molar-refractivity contribution in [2.75, 3.05) is 6.61 Å². The number of carbonyl (C=O) groups is 2. The van der Waals surface area contributed by atoms with Crippen molar-refractivity contribution in [1.29, 1.82) is 0 Å². The number of carbonyl (C=O) groups excluding carboxylic acids is 2. The van der Waals surface area contributed by atoms with Crippen LogP contribution < -0.4 is 5.32 Å². The number of benzene rings is 1. The average molecular weight is 401 g/mol. The molecule has 0 saturated carbocycles. The van der Waals surface area contributed by atoms with Crippen molar-refractivity contribution in [3.63, 3.8) is 0 Å². The van der Waals surface area contributed by atoms with Crippen molar-refractivity contribution in [2.45, 2.75) is 71.8 Å². The standard InChI is InChI=1S/C21H30F3NO3/c1-4-5-6-7-8-9-12-28-21(27)17(13-14(2)3)25-20(26)15-10-11-16(22)19(24)18(15)23/h10-11,14,17H,4-9,12-13H2,1-3H3,(H,25,26). The highest BCUT2D eigenvalue weighted by Gasteiger charge is 2.26. The van der Waals surface area contributed by atoms with E-state index in [-0.39, 0.29) is 18.9 Å². The smallest absolute Gasteiger partial charge is 0.328 e. The molecule has 0 aliphatic carbocycles. The Morgan fingerprint density at radius 3 is 2.29 bits per heavy atom. The zero-order chi connectivity index (χ0) is 21.1. The van der Waals surface area contributed by atoms with Gasteiger partial charge in [0.1, 0.15) is 6.04 Å². The van der Waals surface area contributed by atoms with Gasteiger partial charge < -0.3 is 10.1 Å². The van der Waals surface area contributed by atoms with Crippen LogP contribution >= 0.6 is 0 Å². The Bertz CT molecular complexity index is 650. The van der Waals surface area contributed by atoms with Crippen molar-refractivity contribution in [1.82, 2.24) is 5.32 Å². The van der Waals surface area contributed by atoms with Gasteiger partial charge in [0, 0.05) is 0 Å². The molecule has 0 radical (unpaired) electrons. The molecule has 0 saturated heterocycles. The van der Waals surface area contributed by atoms with Gasteiger partial charge in [-0.15, -0.1) is 0 Å². The molecule has 1 aromatic carbocycles. The Hall–Kier alpha value is -2.05. The van der Waals surface area contributed by atoms with E-state index < -0.39 is 40.9 Å². The fourth-order valence-electron chi connectivity index (χ4n) is 2.78. The molecule has 1 amide bonds. The number of amides is 1. The molecular formula is C21H30F3NO3. The zero-order valence-electron chi connectivity index (χ0n) is 16.8. The van der Waals surface area contributed by atoms with Crippen LogP contribution in [0, 0.1) is 23.4 Å². The van der Waals surface area contributed by atoms with E-state index in [4.69, 9.17) is 4.74 Å². The predicted molar refractivity (Wildman–Crippen MR) is 101 cm³/mol. The van der Waals surface area contributed by atoms with Gasteiger partial charge in [-0.2, -0.15) is 0 Å². The maximum atomic E-state index is 13.8.